The van der Waals surface area contributed by atoms with Gasteiger partial charge in [0.1, 0.15) is 0 Å². The summed E-state index contributed by atoms with van der Waals surface area (Å²) < 4.78 is 0. The van der Waals surface area contributed by atoms with Gasteiger partial charge in [0.25, 0.3) is 5.69 Å². The third-order valence-corrected chi connectivity index (χ3v) is 4.96. The molecule has 0 atom stereocenters. The lowest BCUT2D eigenvalue weighted by molar-refractivity contribution is -0.385. The summed E-state index contributed by atoms with van der Waals surface area (Å²) in [6.45, 7) is 0. The molecule has 24 heavy (non-hydrogen) atoms. The zero-order valence-corrected chi connectivity index (χ0v) is 13.6. The van der Waals surface area contributed by atoms with Crippen LogP contribution in [-0.2, 0) is 12.8 Å². The maximum atomic E-state index is 11.3. The molecule has 0 spiro atoms. The third-order valence-electron chi connectivity index (χ3n) is 4.60. The summed E-state index contributed by atoms with van der Waals surface area (Å²) in [5.41, 5.74) is 4.10. The second kappa shape index (κ2) is 5.77. The molecule has 0 aromatic heterocycles. The van der Waals surface area contributed by atoms with E-state index in [2.05, 4.69) is 30.3 Å². The molecular formula is C20H14ClNO2. The molecule has 3 aromatic carbocycles. The van der Waals surface area contributed by atoms with Crippen LogP contribution < -0.4 is 0 Å². The van der Waals surface area contributed by atoms with Gasteiger partial charge in [-0.05, 0) is 46.4 Å². The number of halogens is 1. The Hall–Kier alpha value is -2.65. The van der Waals surface area contributed by atoms with Crippen molar-refractivity contribution in [1.82, 2.24) is 0 Å². The van der Waals surface area contributed by atoms with Crippen LogP contribution in [0.1, 0.15) is 16.7 Å². The molecule has 4 heteroatoms. The first-order valence-corrected chi connectivity index (χ1v) is 8.15. The first kappa shape index (κ1) is 14.9. The van der Waals surface area contributed by atoms with Gasteiger partial charge in [0, 0.05) is 16.7 Å². The van der Waals surface area contributed by atoms with Crippen LogP contribution >= 0.6 is 11.6 Å². The number of allylic oxidation sites excluding steroid dienone is 2. The van der Waals surface area contributed by atoms with Crippen LogP contribution in [0.5, 0.6) is 0 Å². The molecule has 118 valence electrons. The number of hydrogen-bond donors (Lipinski definition) is 0. The van der Waals surface area contributed by atoms with E-state index in [1.54, 1.807) is 6.07 Å². The molecule has 0 N–H and O–H groups in total. The van der Waals surface area contributed by atoms with E-state index in [0.29, 0.717) is 17.9 Å². The van der Waals surface area contributed by atoms with Crippen LogP contribution in [-0.4, -0.2) is 4.92 Å². The number of fused-ring (bicyclic) bond motifs is 2. The molecule has 0 bridgehead atoms. The molecule has 4 rings (SSSR count). The second-order valence-electron chi connectivity index (χ2n) is 5.92. The quantitative estimate of drug-likeness (QED) is 0.453. The molecule has 0 saturated heterocycles. The minimum atomic E-state index is -0.327. The van der Waals surface area contributed by atoms with Gasteiger partial charge in [-0.2, -0.15) is 0 Å². The summed E-state index contributed by atoms with van der Waals surface area (Å²) in [7, 11) is 0. The van der Waals surface area contributed by atoms with Crippen molar-refractivity contribution in [3.05, 3.63) is 92.5 Å². The molecule has 1 aliphatic rings. The smallest absolute Gasteiger partial charge is 0.258 e. The second-order valence-corrected chi connectivity index (χ2v) is 6.32. The molecule has 0 amide bonds. The maximum absolute atomic E-state index is 11.3. The summed E-state index contributed by atoms with van der Waals surface area (Å²) in [4.78, 5) is 10.9. The Morgan fingerprint density at radius 1 is 0.958 bits per heavy atom. The monoisotopic (exact) mass is 335 g/mol. The van der Waals surface area contributed by atoms with Crippen molar-refractivity contribution in [2.45, 2.75) is 12.8 Å². The topological polar surface area (TPSA) is 43.1 Å². The number of nitrogens with zero attached hydrogens (tertiary/aromatic N) is 1. The Labute approximate surface area is 144 Å². The van der Waals surface area contributed by atoms with Gasteiger partial charge in [0.15, 0.2) is 0 Å². The van der Waals surface area contributed by atoms with Crippen LogP contribution in [0.4, 0.5) is 5.69 Å². The largest absolute Gasteiger partial charge is 0.273 e. The average Bonchev–Trinajstić information content (AvgIpc) is 2.61. The van der Waals surface area contributed by atoms with Crippen LogP contribution in [0.15, 0.2) is 60.7 Å². The Balaban J connectivity index is 1.84. The first-order valence-electron chi connectivity index (χ1n) is 7.77. The van der Waals surface area contributed by atoms with E-state index < -0.39 is 0 Å². The Kier molecular flexibility index (Phi) is 3.58. The molecule has 3 nitrogen and oxygen atoms in total. The van der Waals surface area contributed by atoms with Gasteiger partial charge in [0.05, 0.1) is 4.92 Å². The minimum absolute atomic E-state index is 0.155. The van der Waals surface area contributed by atoms with Gasteiger partial charge in [-0.3, -0.25) is 10.1 Å². The normalized spacial score (nSPS) is 13.5. The molecule has 0 aliphatic heterocycles. The average molecular weight is 336 g/mol. The maximum Gasteiger partial charge on any atom is 0.273 e. The fourth-order valence-corrected chi connectivity index (χ4v) is 3.68. The fourth-order valence-electron chi connectivity index (χ4n) is 3.44. The van der Waals surface area contributed by atoms with Gasteiger partial charge in [-0.25, -0.2) is 0 Å². The molecule has 0 heterocycles. The number of nitro benzene ring substituents is 1. The number of hydrogen-bond acceptors (Lipinski definition) is 2. The van der Waals surface area contributed by atoms with Gasteiger partial charge in [0.2, 0.25) is 0 Å². The van der Waals surface area contributed by atoms with E-state index in [0.717, 1.165) is 11.1 Å². The van der Waals surface area contributed by atoms with Crippen molar-refractivity contribution < 1.29 is 4.92 Å². The zero-order valence-electron chi connectivity index (χ0n) is 12.8. The standard InChI is InChI=1S/C20H14ClNO2/c21-19-10-11-20(22(23)24)17-9-8-14(12-18(17)19)16-7-3-5-13-4-1-2-6-15(13)16/h1-8,10-11H,9,12H2. The zero-order chi connectivity index (χ0) is 16.7. The van der Waals surface area contributed by atoms with Crippen molar-refractivity contribution in [3.63, 3.8) is 0 Å². The van der Waals surface area contributed by atoms with Crippen molar-refractivity contribution >= 4 is 33.6 Å². The Bertz CT molecular complexity index is 1000. The first-order chi connectivity index (χ1) is 11.6. The highest BCUT2D eigenvalue weighted by atomic mass is 35.5. The number of benzene rings is 3. The molecular weight excluding hydrogens is 322 g/mol. The molecule has 0 unspecified atom stereocenters. The van der Waals surface area contributed by atoms with Crippen LogP contribution in [0.2, 0.25) is 5.02 Å². The van der Waals surface area contributed by atoms with Gasteiger partial charge in [-0.1, -0.05) is 60.1 Å². The van der Waals surface area contributed by atoms with Gasteiger partial charge < -0.3 is 0 Å². The fraction of sp³-hybridized carbons (Fsp3) is 0.100. The molecule has 0 saturated carbocycles. The molecule has 0 fully saturated rings. The highest BCUT2D eigenvalue weighted by molar-refractivity contribution is 6.31. The summed E-state index contributed by atoms with van der Waals surface area (Å²) in [6, 6.07) is 17.6. The van der Waals surface area contributed by atoms with E-state index in [-0.39, 0.29) is 10.6 Å². The minimum Gasteiger partial charge on any atom is -0.258 e. The van der Waals surface area contributed by atoms with E-state index in [9.17, 15) is 10.1 Å². The van der Waals surface area contributed by atoms with Crippen LogP contribution in [0.3, 0.4) is 0 Å². The Morgan fingerprint density at radius 2 is 1.75 bits per heavy atom. The molecule has 1 aliphatic carbocycles. The summed E-state index contributed by atoms with van der Waals surface area (Å²) in [6.07, 6.45) is 3.24. The lowest BCUT2D eigenvalue weighted by atomic mass is 9.85. The molecule has 0 radical (unpaired) electrons. The van der Waals surface area contributed by atoms with Gasteiger partial charge >= 0.3 is 0 Å². The van der Waals surface area contributed by atoms with Crippen LogP contribution in [0.25, 0.3) is 16.3 Å². The van der Waals surface area contributed by atoms with E-state index >= 15 is 0 Å². The summed E-state index contributed by atoms with van der Waals surface area (Å²) >= 11 is 6.34. The summed E-state index contributed by atoms with van der Waals surface area (Å²) in [5, 5.41) is 14.2. The lowest BCUT2D eigenvalue weighted by Gasteiger charge is -2.19. The van der Waals surface area contributed by atoms with Crippen molar-refractivity contribution in [2.75, 3.05) is 0 Å². The van der Waals surface area contributed by atoms with E-state index in [1.807, 2.05) is 18.2 Å². The van der Waals surface area contributed by atoms with Crippen molar-refractivity contribution in [2.24, 2.45) is 0 Å². The Morgan fingerprint density at radius 3 is 2.58 bits per heavy atom. The third kappa shape index (κ3) is 2.38. The number of rotatable bonds is 2. The highest BCUT2D eigenvalue weighted by Gasteiger charge is 2.24. The number of nitro groups is 1. The highest BCUT2D eigenvalue weighted by Crippen LogP contribution is 2.38. The molecule has 3 aromatic rings. The van der Waals surface area contributed by atoms with E-state index in [4.69, 9.17) is 11.6 Å². The lowest BCUT2D eigenvalue weighted by Crippen LogP contribution is -2.07. The predicted molar refractivity (Wildman–Crippen MR) is 97.4 cm³/mol. The van der Waals surface area contributed by atoms with Gasteiger partial charge in [-0.15, -0.1) is 0 Å². The van der Waals surface area contributed by atoms with E-state index in [1.165, 1.54) is 28.0 Å². The summed E-state index contributed by atoms with van der Waals surface area (Å²) in [5.74, 6) is 0. The van der Waals surface area contributed by atoms with Crippen LogP contribution in [0, 0.1) is 10.1 Å². The van der Waals surface area contributed by atoms with Crippen molar-refractivity contribution in [3.8, 4) is 0 Å². The SMILES string of the molecule is O=[N+]([O-])c1ccc(Cl)c2c1CC=C(c1cccc3ccccc13)C2. The predicted octanol–water partition coefficient (Wildman–Crippen LogP) is 5.58. The van der Waals surface area contributed by atoms with Crippen molar-refractivity contribution in [1.29, 1.82) is 0 Å².